The van der Waals surface area contributed by atoms with Crippen molar-refractivity contribution in [1.82, 2.24) is 5.06 Å². The van der Waals surface area contributed by atoms with Crippen LogP contribution in [0.4, 0.5) is 0 Å². The Morgan fingerprint density at radius 2 is 1.00 bits per heavy atom. The fraction of sp³-hybridized carbons (Fsp3) is 0.286. The van der Waals surface area contributed by atoms with E-state index in [0.29, 0.717) is 46.2 Å². The summed E-state index contributed by atoms with van der Waals surface area (Å²) in [6.07, 6.45) is -0.806. The van der Waals surface area contributed by atoms with E-state index in [4.69, 9.17) is 23.8 Å². The van der Waals surface area contributed by atoms with Gasteiger partial charge >= 0.3 is 0 Å². The first-order valence-electron chi connectivity index (χ1n) is 16.8. The highest BCUT2D eigenvalue weighted by atomic mass is 16.7. The van der Waals surface area contributed by atoms with Gasteiger partial charge in [0.05, 0.1) is 45.7 Å². The van der Waals surface area contributed by atoms with Crippen molar-refractivity contribution in [2.45, 2.75) is 56.8 Å². The first-order valence-corrected chi connectivity index (χ1v) is 16.8. The highest BCUT2D eigenvalue weighted by Gasteiger charge is 2.67. The number of benzene rings is 5. The normalized spacial score (nSPS) is 23.7. The van der Waals surface area contributed by atoms with Gasteiger partial charge in [-0.1, -0.05) is 152 Å². The molecule has 0 aromatic heterocycles. The quantitative estimate of drug-likeness (QED) is 0.116. The second-order valence-corrected chi connectivity index (χ2v) is 12.6. The third-order valence-electron chi connectivity index (χ3n) is 9.44. The number of hydrogen-bond acceptors (Lipinski definition) is 6. The minimum absolute atomic E-state index is 0.0813. The summed E-state index contributed by atoms with van der Waals surface area (Å²) in [5.41, 5.74) is 4.70. The summed E-state index contributed by atoms with van der Waals surface area (Å²) in [6.45, 7) is 3.15. The van der Waals surface area contributed by atoms with Crippen LogP contribution in [0.5, 0.6) is 0 Å². The van der Waals surface area contributed by atoms with Crippen LogP contribution in [0.3, 0.4) is 0 Å². The Morgan fingerprint density at radius 3 is 1.54 bits per heavy atom. The molecule has 1 heterocycles. The third kappa shape index (κ3) is 7.61. The standard InChI is InChI=1S/C42H43NO5/c1-6-16-33(17-7-1)26-43-39-38(31-48-43)42(47-30-37-24-14-5-15-25-37,32-44-27-34-18-8-2-9-19-34)41(46-29-36-22-12-4-13-23-36)40(39)45-28-35-20-10-3-11-21-35/h1-25,38-41H,26-32H2/t38-,39+,40-,41+,42+/m0/s1. The van der Waals surface area contributed by atoms with Crippen molar-refractivity contribution in [3.05, 3.63) is 179 Å². The zero-order chi connectivity index (χ0) is 32.4. The zero-order valence-corrected chi connectivity index (χ0v) is 27.2. The van der Waals surface area contributed by atoms with Crippen LogP contribution < -0.4 is 0 Å². The maximum Gasteiger partial charge on any atom is 0.127 e. The molecule has 5 aromatic carbocycles. The maximum atomic E-state index is 7.17. The van der Waals surface area contributed by atoms with Gasteiger partial charge in [0.1, 0.15) is 17.8 Å². The lowest BCUT2D eigenvalue weighted by atomic mass is 9.88. The summed E-state index contributed by atoms with van der Waals surface area (Å²) in [6, 6.07) is 51.5. The number of ether oxygens (including phenoxy) is 4. The van der Waals surface area contributed by atoms with Crippen molar-refractivity contribution in [3.8, 4) is 0 Å². The van der Waals surface area contributed by atoms with Crippen molar-refractivity contribution in [1.29, 1.82) is 0 Å². The molecule has 5 aromatic rings. The predicted octanol–water partition coefficient (Wildman–Crippen LogP) is 7.78. The molecule has 2 aliphatic rings. The van der Waals surface area contributed by atoms with E-state index >= 15 is 0 Å². The largest absolute Gasteiger partial charge is 0.374 e. The Morgan fingerprint density at radius 1 is 0.542 bits per heavy atom. The Balaban J connectivity index is 1.26. The van der Waals surface area contributed by atoms with E-state index in [1.54, 1.807) is 0 Å². The van der Waals surface area contributed by atoms with Gasteiger partial charge in [-0.15, -0.1) is 0 Å². The molecule has 246 valence electrons. The topological polar surface area (TPSA) is 49.4 Å². The van der Waals surface area contributed by atoms with Gasteiger partial charge in [-0.3, -0.25) is 4.84 Å². The molecule has 1 saturated carbocycles. The molecule has 0 N–H and O–H groups in total. The molecule has 0 amide bonds. The van der Waals surface area contributed by atoms with E-state index in [2.05, 4.69) is 77.9 Å². The maximum absolute atomic E-state index is 7.17. The molecule has 1 saturated heterocycles. The van der Waals surface area contributed by atoms with E-state index < -0.39 is 11.7 Å². The van der Waals surface area contributed by atoms with Crippen LogP contribution in [-0.2, 0) is 56.8 Å². The Bertz CT molecular complexity index is 1660. The van der Waals surface area contributed by atoms with Crippen LogP contribution in [0.15, 0.2) is 152 Å². The molecule has 5 atom stereocenters. The average molecular weight is 642 g/mol. The molecule has 2 fully saturated rings. The van der Waals surface area contributed by atoms with Crippen LogP contribution in [0.1, 0.15) is 27.8 Å². The lowest BCUT2D eigenvalue weighted by Gasteiger charge is -2.39. The molecule has 1 aliphatic carbocycles. The third-order valence-corrected chi connectivity index (χ3v) is 9.44. The van der Waals surface area contributed by atoms with E-state index in [-0.39, 0.29) is 18.1 Å². The van der Waals surface area contributed by atoms with Crippen molar-refractivity contribution in [3.63, 3.8) is 0 Å². The first-order chi connectivity index (χ1) is 23.8. The van der Waals surface area contributed by atoms with Gasteiger partial charge in [-0.2, -0.15) is 5.06 Å². The highest BCUT2D eigenvalue weighted by molar-refractivity contribution is 5.22. The Hall–Kier alpha value is -4.14. The number of rotatable bonds is 15. The second kappa shape index (κ2) is 15.8. The average Bonchev–Trinajstić information content (AvgIpc) is 3.67. The van der Waals surface area contributed by atoms with Gasteiger partial charge in [0.2, 0.25) is 0 Å². The monoisotopic (exact) mass is 641 g/mol. The van der Waals surface area contributed by atoms with Crippen molar-refractivity contribution in [2.24, 2.45) is 5.92 Å². The minimum atomic E-state index is -0.864. The van der Waals surface area contributed by atoms with Gasteiger partial charge in [-0.25, -0.2) is 0 Å². The van der Waals surface area contributed by atoms with Crippen LogP contribution in [0.2, 0.25) is 0 Å². The fourth-order valence-corrected chi connectivity index (χ4v) is 7.03. The van der Waals surface area contributed by atoms with Crippen molar-refractivity contribution < 1.29 is 23.8 Å². The molecule has 0 spiro atoms. The van der Waals surface area contributed by atoms with Gasteiger partial charge in [0, 0.05) is 12.5 Å². The number of hydroxylamine groups is 2. The lowest BCUT2D eigenvalue weighted by molar-refractivity contribution is -0.229. The van der Waals surface area contributed by atoms with Gasteiger partial charge < -0.3 is 18.9 Å². The van der Waals surface area contributed by atoms with Crippen LogP contribution in [-0.4, -0.2) is 42.1 Å². The molecular formula is C42H43NO5. The highest BCUT2D eigenvalue weighted by Crippen LogP contribution is 2.50. The van der Waals surface area contributed by atoms with Crippen LogP contribution >= 0.6 is 0 Å². The Kier molecular flexibility index (Phi) is 10.7. The molecule has 6 heteroatoms. The van der Waals surface area contributed by atoms with E-state index in [9.17, 15) is 0 Å². The Labute approximate surface area is 283 Å². The number of nitrogens with zero attached hydrogens (tertiary/aromatic N) is 1. The van der Waals surface area contributed by atoms with Gasteiger partial charge in [0.15, 0.2) is 0 Å². The summed E-state index contributed by atoms with van der Waals surface area (Å²) < 4.78 is 27.8. The van der Waals surface area contributed by atoms with Crippen LogP contribution in [0.25, 0.3) is 0 Å². The van der Waals surface area contributed by atoms with Gasteiger partial charge in [-0.05, 0) is 27.8 Å². The fourth-order valence-electron chi connectivity index (χ4n) is 7.03. The molecular weight excluding hydrogens is 598 g/mol. The SMILES string of the molecule is c1ccc(COC[C@]2(OCc3ccccc3)[C@H](OCc3ccccc3)[C@@H](OCc3ccccc3)[C@H]3[C@@H]2CON3Cc2ccccc2)cc1. The van der Waals surface area contributed by atoms with E-state index in [1.165, 1.54) is 5.56 Å². The lowest BCUT2D eigenvalue weighted by Crippen LogP contribution is -2.54. The first kappa shape index (κ1) is 32.4. The zero-order valence-electron chi connectivity index (χ0n) is 27.2. The molecule has 6 nitrogen and oxygen atoms in total. The number of fused-ring (bicyclic) bond motifs is 1. The predicted molar refractivity (Wildman–Crippen MR) is 185 cm³/mol. The summed E-state index contributed by atoms with van der Waals surface area (Å²) in [5.74, 6) is -0.0813. The molecule has 48 heavy (non-hydrogen) atoms. The molecule has 0 radical (unpaired) electrons. The summed E-state index contributed by atoms with van der Waals surface area (Å²) >= 11 is 0. The summed E-state index contributed by atoms with van der Waals surface area (Å²) in [5, 5.41) is 2.10. The summed E-state index contributed by atoms with van der Waals surface area (Å²) in [7, 11) is 0. The van der Waals surface area contributed by atoms with Crippen molar-refractivity contribution in [2.75, 3.05) is 13.2 Å². The summed E-state index contributed by atoms with van der Waals surface area (Å²) in [4.78, 5) is 6.55. The van der Waals surface area contributed by atoms with Crippen molar-refractivity contribution >= 4 is 0 Å². The van der Waals surface area contributed by atoms with E-state index in [1.807, 2.05) is 78.9 Å². The van der Waals surface area contributed by atoms with Gasteiger partial charge in [0.25, 0.3) is 0 Å². The minimum Gasteiger partial charge on any atom is -0.374 e. The number of hydrogen-bond donors (Lipinski definition) is 0. The van der Waals surface area contributed by atoms with E-state index in [0.717, 1.165) is 22.3 Å². The molecule has 1 aliphatic heterocycles. The smallest absolute Gasteiger partial charge is 0.127 e. The van der Waals surface area contributed by atoms with Crippen LogP contribution in [0, 0.1) is 5.92 Å². The molecule has 7 rings (SSSR count). The molecule has 0 unspecified atom stereocenters. The molecule has 0 bridgehead atoms. The second-order valence-electron chi connectivity index (χ2n) is 12.6.